The highest BCUT2D eigenvalue weighted by Gasteiger charge is 2.20. The van der Waals surface area contributed by atoms with E-state index in [9.17, 15) is 5.11 Å². The predicted molar refractivity (Wildman–Crippen MR) is 88.2 cm³/mol. The Labute approximate surface area is 128 Å². The molecule has 2 N–H and O–H groups in total. The first kappa shape index (κ1) is 16.2. The van der Waals surface area contributed by atoms with Crippen LogP contribution in [0.4, 0.5) is 0 Å². The van der Waals surface area contributed by atoms with E-state index in [-0.39, 0.29) is 6.61 Å². The molecule has 0 radical (unpaired) electrons. The van der Waals surface area contributed by atoms with Gasteiger partial charge in [-0.15, -0.1) is 0 Å². The van der Waals surface area contributed by atoms with Crippen LogP contribution in [0.3, 0.4) is 0 Å². The second kappa shape index (κ2) is 7.74. The van der Waals surface area contributed by atoms with Crippen molar-refractivity contribution < 1.29 is 5.11 Å². The molecule has 1 unspecified atom stereocenters. The van der Waals surface area contributed by atoms with Crippen LogP contribution >= 0.6 is 0 Å². The molecule has 0 amide bonds. The van der Waals surface area contributed by atoms with Crippen molar-refractivity contribution in [2.24, 2.45) is 0 Å². The summed E-state index contributed by atoms with van der Waals surface area (Å²) in [4.78, 5) is 2.48. The molecule has 1 aromatic carbocycles. The van der Waals surface area contributed by atoms with Gasteiger partial charge in [-0.3, -0.25) is 4.90 Å². The molecule has 3 nitrogen and oxygen atoms in total. The molecule has 0 bridgehead atoms. The normalized spacial score (nSPS) is 18.6. The minimum atomic E-state index is 0.111. The summed E-state index contributed by atoms with van der Waals surface area (Å²) in [6.07, 6.45) is 2.38. The summed E-state index contributed by atoms with van der Waals surface area (Å²) < 4.78 is 0. The van der Waals surface area contributed by atoms with Gasteiger partial charge in [-0.2, -0.15) is 0 Å². The molecule has 0 spiro atoms. The monoisotopic (exact) mass is 288 g/mol. The van der Waals surface area contributed by atoms with Crippen molar-refractivity contribution in [3.8, 4) is 0 Å². The number of aliphatic hydroxyl groups is 1. The third-order valence-corrected chi connectivity index (χ3v) is 4.20. The van der Waals surface area contributed by atoms with Crippen molar-refractivity contribution in [1.82, 2.24) is 10.2 Å². The van der Waals surface area contributed by atoms with Crippen molar-refractivity contribution in [2.75, 3.05) is 19.6 Å². The van der Waals surface area contributed by atoms with E-state index in [1.165, 1.54) is 24.0 Å². The molecule has 2 rings (SSSR count). The molecular formula is C18H28N2O. The number of nitrogens with one attached hydrogen (secondary N) is 1. The van der Waals surface area contributed by atoms with Gasteiger partial charge in [-0.05, 0) is 50.9 Å². The highest BCUT2D eigenvalue weighted by molar-refractivity contribution is 5.25. The molecule has 3 heteroatoms. The summed E-state index contributed by atoms with van der Waals surface area (Å²) in [7, 11) is 0. The summed E-state index contributed by atoms with van der Waals surface area (Å²) in [5.74, 6) is 0. The summed E-state index contributed by atoms with van der Waals surface area (Å²) >= 11 is 0. The molecule has 1 aliphatic heterocycles. The second-order valence-electron chi connectivity index (χ2n) is 6.30. The van der Waals surface area contributed by atoms with Crippen molar-refractivity contribution >= 4 is 0 Å². The molecule has 1 atom stereocenters. The van der Waals surface area contributed by atoms with Gasteiger partial charge >= 0.3 is 0 Å². The van der Waals surface area contributed by atoms with Crippen LogP contribution < -0.4 is 5.32 Å². The summed E-state index contributed by atoms with van der Waals surface area (Å²) in [6.45, 7) is 11.7. The van der Waals surface area contributed by atoms with Crippen LogP contribution in [0, 0.1) is 0 Å². The Balaban J connectivity index is 1.83. The number of benzene rings is 1. The van der Waals surface area contributed by atoms with Crippen LogP contribution in [0.5, 0.6) is 0 Å². The van der Waals surface area contributed by atoms with Gasteiger partial charge in [-0.1, -0.05) is 36.4 Å². The van der Waals surface area contributed by atoms with Gasteiger partial charge in [0.1, 0.15) is 0 Å². The van der Waals surface area contributed by atoms with E-state index < -0.39 is 0 Å². The highest BCUT2D eigenvalue weighted by atomic mass is 16.3. The molecule has 21 heavy (non-hydrogen) atoms. The first-order valence-corrected chi connectivity index (χ1v) is 7.91. The average molecular weight is 288 g/mol. The number of nitrogens with zero attached hydrogens (tertiary/aromatic N) is 1. The Kier molecular flexibility index (Phi) is 5.97. The maximum Gasteiger partial charge on any atom is 0.0681 e. The van der Waals surface area contributed by atoms with Gasteiger partial charge in [0, 0.05) is 18.6 Å². The lowest BCUT2D eigenvalue weighted by Gasteiger charge is -2.34. The van der Waals surface area contributed by atoms with Gasteiger partial charge in [-0.25, -0.2) is 0 Å². The predicted octanol–water partition coefficient (Wildman–Crippen LogP) is 2.87. The molecule has 1 fully saturated rings. The van der Waals surface area contributed by atoms with Crippen molar-refractivity contribution in [3.05, 3.63) is 47.5 Å². The van der Waals surface area contributed by atoms with Crippen LogP contribution in [-0.4, -0.2) is 35.7 Å². The van der Waals surface area contributed by atoms with Crippen molar-refractivity contribution in [1.29, 1.82) is 0 Å². The summed E-state index contributed by atoms with van der Waals surface area (Å²) in [5.41, 5.74) is 3.49. The van der Waals surface area contributed by atoms with Gasteiger partial charge in [0.15, 0.2) is 0 Å². The molecule has 0 aliphatic carbocycles. The molecule has 0 saturated carbocycles. The lowest BCUT2D eigenvalue weighted by atomic mass is 10.0. The SMILES string of the molecule is C=C(C)CN1CCC(NC(C)c2cccc(CO)c2)CC1. The van der Waals surface area contributed by atoms with Gasteiger partial charge in [0.25, 0.3) is 0 Å². The summed E-state index contributed by atoms with van der Waals surface area (Å²) in [5, 5.41) is 13.0. The molecule has 1 saturated heterocycles. The quantitative estimate of drug-likeness (QED) is 0.790. The Hall–Kier alpha value is -1.16. The molecule has 1 heterocycles. The second-order valence-corrected chi connectivity index (χ2v) is 6.30. The lowest BCUT2D eigenvalue weighted by Crippen LogP contribution is -2.43. The number of hydrogen-bond donors (Lipinski definition) is 2. The minimum Gasteiger partial charge on any atom is -0.392 e. The smallest absolute Gasteiger partial charge is 0.0681 e. The maximum atomic E-state index is 9.23. The van der Waals surface area contributed by atoms with E-state index >= 15 is 0 Å². The molecular weight excluding hydrogens is 260 g/mol. The fourth-order valence-electron chi connectivity index (χ4n) is 3.05. The van der Waals surface area contributed by atoms with Gasteiger partial charge < -0.3 is 10.4 Å². The Morgan fingerprint density at radius 2 is 2.14 bits per heavy atom. The van der Waals surface area contributed by atoms with Crippen LogP contribution in [0.1, 0.15) is 43.9 Å². The minimum absolute atomic E-state index is 0.111. The Morgan fingerprint density at radius 3 is 2.76 bits per heavy atom. The first-order valence-electron chi connectivity index (χ1n) is 7.91. The van der Waals surface area contributed by atoms with E-state index in [0.717, 1.165) is 25.2 Å². The summed E-state index contributed by atoms with van der Waals surface area (Å²) in [6, 6.07) is 9.12. The van der Waals surface area contributed by atoms with E-state index in [1.807, 2.05) is 12.1 Å². The fraction of sp³-hybridized carbons (Fsp3) is 0.556. The Bertz CT molecular complexity index is 464. The average Bonchev–Trinajstić information content (AvgIpc) is 2.49. The molecule has 1 aromatic rings. The van der Waals surface area contributed by atoms with Crippen LogP contribution in [-0.2, 0) is 6.61 Å². The number of likely N-dealkylation sites (tertiary alicyclic amines) is 1. The zero-order chi connectivity index (χ0) is 15.2. The molecule has 0 aromatic heterocycles. The van der Waals surface area contributed by atoms with E-state index in [0.29, 0.717) is 12.1 Å². The number of piperidine rings is 1. The van der Waals surface area contributed by atoms with Crippen molar-refractivity contribution in [3.63, 3.8) is 0 Å². The third-order valence-electron chi connectivity index (χ3n) is 4.20. The van der Waals surface area contributed by atoms with Gasteiger partial charge in [0.05, 0.1) is 6.61 Å². The number of aliphatic hydroxyl groups excluding tert-OH is 1. The zero-order valence-corrected chi connectivity index (χ0v) is 13.3. The number of rotatable bonds is 6. The first-order chi connectivity index (χ1) is 10.1. The lowest BCUT2D eigenvalue weighted by molar-refractivity contribution is 0.205. The van der Waals surface area contributed by atoms with Crippen molar-refractivity contribution in [2.45, 2.75) is 45.4 Å². The van der Waals surface area contributed by atoms with Crippen LogP contribution in [0.25, 0.3) is 0 Å². The van der Waals surface area contributed by atoms with E-state index in [2.05, 4.69) is 42.8 Å². The molecule has 116 valence electrons. The third kappa shape index (κ3) is 4.95. The highest BCUT2D eigenvalue weighted by Crippen LogP contribution is 2.19. The topological polar surface area (TPSA) is 35.5 Å². The number of hydrogen-bond acceptors (Lipinski definition) is 3. The standard InChI is InChI=1S/C18H28N2O/c1-14(2)12-20-9-7-18(8-10-20)19-15(3)17-6-4-5-16(11-17)13-21/h4-6,11,15,18-19,21H,1,7-10,12-13H2,2-3H3. The zero-order valence-electron chi connectivity index (χ0n) is 13.3. The van der Waals surface area contributed by atoms with E-state index in [1.54, 1.807) is 0 Å². The largest absolute Gasteiger partial charge is 0.392 e. The van der Waals surface area contributed by atoms with E-state index in [4.69, 9.17) is 0 Å². The van der Waals surface area contributed by atoms with Crippen LogP contribution in [0.15, 0.2) is 36.4 Å². The Morgan fingerprint density at radius 1 is 1.43 bits per heavy atom. The van der Waals surface area contributed by atoms with Gasteiger partial charge in [0.2, 0.25) is 0 Å². The maximum absolute atomic E-state index is 9.23. The van der Waals surface area contributed by atoms with Crippen LogP contribution in [0.2, 0.25) is 0 Å². The fourth-order valence-corrected chi connectivity index (χ4v) is 3.05. The molecule has 1 aliphatic rings.